The second-order valence-corrected chi connectivity index (χ2v) is 3.50. The van der Waals surface area contributed by atoms with Gasteiger partial charge in [0.25, 0.3) is 6.71 Å². The predicted molar refractivity (Wildman–Crippen MR) is 50.7 cm³/mol. The lowest BCUT2D eigenvalue weighted by Gasteiger charge is -2.08. The van der Waals surface area contributed by atoms with Crippen LogP contribution in [0.1, 0.15) is 33.1 Å². The molecule has 0 radical (unpaired) electrons. The molecule has 0 aliphatic carbocycles. The average molecular weight is 151 g/mol. The summed E-state index contributed by atoms with van der Waals surface area (Å²) in [4.78, 5) is 0. The second-order valence-electron chi connectivity index (χ2n) is 3.50. The highest BCUT2D eigenvalue weighted by atomic mass is 14.2. The van der Waals surface area contributed by atoms with Crippen LogP contribution in [-0.2, 0) is 0 Å². The van der Waals surface area contributed by atoms with Gasteiger partial charge in [0, 0.05) is 5.97 Å². The zero-order valence-electron chi connectivity index (χ0n) is 7.93. The molecule has 1 nitrogen and oxygen atoms in total. The Morgan fingerprint density at radius 1 is 1.45 bits per heavy atom. The fourth-order valence-electron chi connectivity index (χ4n) is 1.24. The van der Waals surface area contributed by atoms with Crippen molar-refractivity contribution in [1.29, 1.82) is 5.26 Å². The Morgan fingerprint density at radius 2 is 2.09 bits per heavy atom. The van der Waals surface area contributed by atoms with Crippen molar-refractivity contribution in [2.45, 2.75) is 46.3 Å². The maximum Gasteiger partial charge on any atom is 0.264 e. The van der Waals surface area contributed by atoms with Crippen molar-refractivity contribution in [3.05, 3.63) is 0 Å². The molecule has 0 rings (SSSR count). The van der Waals surface area contributed by atoms with E-state index in [1.54, 1.807) is 0 Å². The Hall–Kier alpha value is -0.445. The standard InChI is InChI=1S/C9H18BN/c1-4-5-9(2)6-7-10(3)8-11/h9H,4-7H2,1-3H3. The van der Waals surface area contributed by atoms with Crippen molar-refractivity contribution in [2.24, 2.45) is 5.92 Å². The molecule has 0 amide bonds. The Kier molecular flexibility index (Phi) is 6.02. The lowest BCUT2D eigenvalue weighted by Crippen LogP contribution is -2.05. The number of nitrogens with zero attached hydrogens (tertiary/aromatic N) is 1. The van der Waals surface area contributed by atoms with Crippen LogP contribution in [-0.4, -0.2) is 6.71 Å². The summed E-state index contributed by atoms with van der Waals surface area (Å²) in [6, 6.07) is 0. The van der Waals surface area contributed by atoms with Crippen LogP contribution >= 0.6 is 0 Å². The molecule has 1 unspecified atom stereocenters. The van der Waals surface area contributed by atoms with E-state index in [9.17, 15) is 0 Å². The maximum atomic E-state index is 8.53. The molecule has 0 aromatic carbocycles. The third kappa shape index (κ3) is 5.97. The molecule has 0 bridgehead atoms. The number of hydrogen-bond donors (Lipinski definition) is 0. The van der Waals surface area contributed by atoms with Gasteiger partial charge in [-0.15, -0.1) is 0 Å². The van der Waals surface area contributed by atoms with E-state index in [0.29, 0.717) is 0 Å². The van der Waals surface area contributed by atoms with Crippen LogP contribution < -0.4 is 0 Å². The SMILES string of the molecule is CCCC(C)CCB(C)C#N. The van der Waals surface area contributed by atoms with Crippen LogP contribution in [0.25, 0.3) is 0 Å². The van der Waals surface area contributed by atoms with Crippen LogP contribution in [0.2, 0.25) is 13.1 Å². The average Bonchev–Trinajstić information content (AvgIpc) is 2.01. The van der Waals surface area contributed by atoms with Crippen LogP contribution in [0.4, 0.5) is 0 Å². The molecule has 0 heterocycles. The molecular formula is C9H18BN. The largest absolute Gasteiger partial charge is 0.264 e. The molecule has 0 aromatic heterocycles. The van der Waals surface area contributed by atoms with Gasteiger partial charge in [0.05, 0.1) is 0 Å². The molecule has 0 aliphatic heterocycles. The monoisotopic (exact) mass is 151 g/mol. The van der Waals surface area contributed by atoms with Gasteiger partial charge in [0.1, 0.15) is 0 Å². The molecule has 2 heteroatoms. The molecule has 0 N–H and O–H groups in total. The van der Waals surface area contributed by atoms with E-state index in [1.807, 2.05) is 6.82 Å². The van der Waals surface area contributed by atoms with Gasteiger partial charge in [-0.05, 0) is 5.92 Å². The lowest BCUT2D eigenvalue weighted by molar-refractivity contribution is 0.508. The third-order valence-corrected chi connectivity index (χ3v) is 2.09. The van der Waals surface area contributed by atoms with E-state index < -0.39 is 0 Å². The summed E-state index contributed by atoms with van der Waals surface area (Å²) >= 11 is 0. The predicted octanol–water partition coefficient (Wildman–Crippen LogP) is 3.00. The first-order valence-corrected chi connectivity index (χ1v) is 4.60. The lowest BCUT2D eigenvalue weighted by atomic mass is 9.50. The highest BCUT2D eigenvalue weighted by Crippen LogP contribution is 2.13. The summed E-state index contributed by atoms with van der Waals surface area (Å²) in [6.45, 7) is 6.73. The Bertz CT molecular complexity index is 128. The molecule has 11 heavy (non-hydrogen) atoms. The molecule has 62 valence electrons. The summed E-state index contributed by atoms with van der Waals surface area (Å²) in [7, 11) is 0. The zero-order chi connectivity index (χ0) is 8.69. The minimum absolute atomic E-state index is 0.245. The Morgan fingerprint density at radius 3 is 2.55 bits per heavy atom. The summed E-state index contributed by atoms with van der Waals surface area (Å²) in [5.41, 5.74) is 0. The van der Waals surface area contributed by atoms with Crippen molar-refractivity contribution in [3.63, 3.8) is 0 Å². The van der Waals surface area contributed by atoms with Crippen LogP contribution in [0, 0.1) is 17.1 Å². The van der Waals surface area contributed by atoms with E-state index in [2.05, 4.69) is 19.8 Å². The topological polar surface area (TPSA) is 23.8 Å². The quantitative estimate of drug-likeness (QED) is 0.554. The van der Waals surface area contributed by atoms with Crippen molar-refractivity contribution < 1.29 is 0 Å². The van der Waals surface area contributed by atoms with Gasteiger partial charge in [-0.1, -0.05) is 46.3 Å². The first kappa shape index (κ1) is 10.6. The van der Waals surface area contributed by atoms with Crippen molar-refractivity contribution in [3.8, 4) is 5.97 Å². The van der Waals surface area contributed by atoms with Gasteiger partial charge in [-0.25, -0.2) is 5.26 Å². The van der Waals surface area contributed by atoms with Gasteiger partial charge < -0.3 is 0 Å². The highest BCUT2D eigenvalue weighted by Gasteiger charge is 2.07. The van der Waals surface area contributed by atoms with Gasteiger partial charge in [0.15, 0.2) is 0 Å². The highest BCUT2D eigenvalue weighted by molar-refractivity contribution is 6.65. The minimum Gasteiger partial charge on any atom is -0.213 e. The van der Waals surface area contributed by atoms with Crippen molar-refractivity contribution >= 4 is 6.71 Å². The van der Waals surface area contributed by atoms with Crippen LogP contribution in [0.3, 0.4) is 0 Å². The number of nitriles is 1. The molecule has 0 spiro atoms. The van der Waals surface area contributed by atoms with Gasteiger partial charge in [0.2, 0.25) is 0 Å². The van der Waals surface area contributed by atoms with Crippen molar-refractivity contribution in [1.82, 2.24) is 0 Å². The smallest absolute Gasteiger partial charge is 0.213 e. The normalized spacial score (nSPS) is 12.2. The Balaban J connectivity index is 3.31. The van der Waals surface area contributed by atoms with E-state index in [4.69, 9.17) is 5.26 Å². The summed E-state index contributed by atoms with van der Waals surface area (Å²) < 4.78 is 0. The molecule has 0 aliphatic rings. The van der Waals surface area contributed by atoms with Gasteiger partial charge >= 0.3 is 0 Å². The van der Waals surface area contributed by atoms with E-state index in [0.717, 1.165) is 12.2 Å². The summed E-state index contributed by atoms with van der Waals surface area (Å²) in [5, 5.41) is 8.53. The molecule has 1 atom stereocenters. The van der Waals surface area contributed by atoms with Crippen LogP contribution in [0.5, 0.6) is 0 Å². The second kappa shape index (κ2) is 6.28. The number of rotatable bonds is 5. The Labute approximate surface area is 70.9 Å². The third-order valence-electron chi connectivity index (χ3n) is 2.09. The molecular weight excluding hydrogens is 133 g/mol. The molecule has 0 aromatic rings. The van der Waals surface area contributed by atoms with Crippen molar-refractivity contribution in [2.75, 3.05) is 0 Å². The fraction of sp³-hybridized carbons (Fsp3) is 0.889. The van der Waals surface area contributed by atoms with Gasteiger partial charge in [-0.2, -0.15) is 0 Å². The number of hydrogen-bond acceptors (Lipinski definition) is 1. The summed E-state index contributed by atoms with van der Waals surface area (Å²) in [5.74, 6) is 3.06. The molecule has 0 fully saturated rings. The first-order valence-electron chi connectivity index (χ1n) is 4.60. The zero-order valence-corrected chi connectivity index (χ0v) is 7.93. The van der Waals surface area contributed by atoms with Gasteiger partial charge in [-0.3, -0.25) is 0 Å². The van der Waals surface area contributed by atoms with Crippen LogP contribution in [0.15, 0.2) is 0 Å². The first-order chi connectivity index (χ1) is 5.20. The molecule has 0 saturated heterocycles. The van der Waals surface area contributed by atoms with E-state index >= 15 is 0 Å². The fourth-order valence-corrected chi connectivity index (χ4v) is 1.24. The summed E-state index contributed by atoms with van der Waals surface area (Å²) in [6.07, 6.45) is 4.85. The molecule has 0 saturated carbocycles. The maximum absolute atomic E-state index is 8.53. The minimum atomic E-state index is 0.245. The van der Waals surface area contributed by atoms with E-state index in [-0.39, 0.29) is 6.71 Å². The van der Waals surface area contributed by atoms with E-state index in [1.165, 1.54) is 19.3 Å².